The molecule has 1 spiro atoms. The standard InChI is InChI=1S/C21H24N2O4/c1-3-9-23(2)10-8-20-16-12-4-5-13(19(22)25)17(16)27-18(20)14(24)6-7-21(20,26)15(23)11-12/h3-5,15,18,26H,1,6-11H2,2H3,(H-,22,25)/p+1/t15-,18?,20+,21-,23?/m1/s1. The number of hydrogen-bond donors (Lipinski definition) is 2. The molecule has 2 fully saturated rings. The summed E-state index contributed by atoms with van der Waals surface area (Å²) in [5.74, 6) is -0.126. The molecule has 2 bridgehead atoms. The summed E-state index contributed by atoms with van der Waals surface area (Å²) in [6, 6.07) is 3.59. The van der Waals surface area contributed by atoms with Gasteiger partial charge in [-0.3, -0.25) is 9.59 Å². The fraction of sp³-hybridized carbons (Fsp3) is 0.524. The van der Waals surface area contributed by atoms with Gasteiger partial charge >= 0.3 is 0 Å². The van der Waals surface area contributed by atoms with Crippen molar-refractivity contribution in [1.29, 1.82) is 0 Å². The van der Waals surface area contributed by atoms with E-state index in [1.54, 1.807) is 6.07 Å². The molecule has 2 aliphatic carbocycles. The molecule has 1 saturated carbocycles. The number of rotatable bonds is 3. The second-order valence-corrected chi connectivity index (χ2v) is 8.84. The van der Waals surface area contributed by atoms with Crippen LogP contribution in [0.2, 0.25) is 0 Å². The maximum atomic E-state index is 12.9. The maximum Gasteiger partial charge on any atom is 0.252 e. The number of ketones is 1. The van der Waals surface area contributed by atoms with E-state index in [0.717, 1.165) is 24.2 Å². The monoisotopic (exact) mass is 369 g/mol. The van der Waals surface area contributed by atoms with Crippen molar-refractivity contribution in [2.75, 3.05) is 20.1 Å². The Morgan fingerprint density at radius 3 is 2.96 bits per heavy atom. The highest BCUT2D eigenvalue weighted by Gasteiger charge is 2.76. The number of hydrogen-bond acceptors (Lipinski definition) is 4. The molecular weight excluding hydrogens is 344 g/mol. The Kier molecular flexibility index (Phi) is 3.14. The van der Waals surface area contributed by atoms with E-state index in [-0.39, 0.29) is 11.8 Å². The van der Waals surface area contributed by atoms with Gasteiger partial charge in [-0.05, 0) is 24.1 Å². The molecule has 5 rings (SSSR count). The first-order chi connectivity index (χ1) is 12.8. The zero-order chi connectivity index (χ0) is 19.2. The number of ether oxygens (including phenoxy) is 1. The first kappa shape index (κ1) is 17.0. The van der Waals surface area contributed by atoms with E-state index in [1.807, 2.05) is 12.1 Å². The second kappa shape index (κ2) is 5.00. The van der Waals surface area contributed by atoms with Gasteiger partial charge in [-0.25, -0.2) is 0 Å². The van der Waals surface area contributed by atoms with E-state index in [4.69, 9.17) is 10.5 Å². The predicted molar refractivity (Wildman–Crippen MR) is 98.5 cm³/mol. The number of carbonyl (C=O) groups is 2. The molecule has 0 radical (unpaired) electrons. The smallest absolute Gasteiger partial charge is 0.252 e. The highest BCUT2D eigenvalue weighted by atomic mass is 16.5. The number of likely N-dealkylation sites (N-methyl/N-ethyl adjacent to an activating group) is 1. The Morgan fingerprint density at radius 1 is 1.48 bits per heavy atom. The van der Waals surface area contributed by atoms with Gasteiger partial charge < -0.3 is 20.1 Å². The average Bonchev–Trinajstić information content (AvgIpc) is 2.97. The summed E-state index contributed by atoms with van der Waals surface area (Å²) in [6.45, 7) is 5.51. The fourth-order valence-electron chi connectivity index (χ4n) is 6.55. The van der Waals surface area contributed by atoms with E-state index in [2.05, 4.69) is 13.6 Å². The lowest BCUT2D eigenvalue weighted by molar-refractivity contribution is -0.944. The predicted octanol–water partition coefficient (Wildman–Crippen LogP) is 0.839. The number of amides is 1. The quantitative estimate of drug-likeness (QED) is 0.610. The Labute approximate surface area is 158 Å². The van der Waals surface area contributed by atoms with Crippen molar-refractivity contribution in [3.05, 3.63) is 41.5 Å². The Morgan fingerprint density at radius 2 is 2.26 bits per heavy atom. The topological polar surface area (TPSA) is 89.6 Å². The Balaban J connectivity index is 1.82. The van der Waals surface area contributed by atoms with Crippen LogP contribution in [0.3, 0.4) is 0 Å². The molecule has 5 atom stereocenters. The molecule has 4 aliphatic rings. The first-order valence-corrected chi connectivity index (χ1v) is 9.61. The van der Waals surface area contributed by atoms with Crippen LogP contribution in [-0.2, 0) is 16.6 Å². The number of carbonyl (C=O) groups excluding carboxylic acids is 2. The van der Waals surface area contributed by atoms with Gasteiger partial charge in [0.15, 0.2) is 11.9 Å². The Hall–Kier alpha value is -2.18. The van der Waals surface area contributed by atoms with Crippen LogP contribution in [0.15, 0.2) is 24.8 Å². The van der Waals surface area contributed by atoms with Crippen molar-refractivity contribution < 1.29 is 23.9 Å². The molecule has 142 valence electrons. The SMILES string of the molecule is C=CC[N+]1(C)CC[C@]23c4c5ccc(C(N)=O)c4OC2C(=O)CC[C@@]3(O)[C@H]1C5. The molecule has 2 aliphatic heterocycles. The number of nitrogens with two attached hydrogens (primary N) is 1. The van der Waals surface area contributed by atoms with Gasteiger partial charge in [-0.1, -0.05) is 12.6 Å². The van der Waals surface area contributed by atoms with Crippen molar-refractivity contribution >= 4 is 11.7 Å². The van der Waals surface area contributed by atoms with Crippen LogP contribution in [0.1, 0.15) is 40.7 Å². The fourth-order valence-corrected chi connectivity index (χ4v) is 6.55. The number of piperidine rings is 1. The van der Waals surface area contributed by atoms with Gasteiger partial charge in [0.2, 0.25) is 0 Å². The normalized spacial score (nSPS) is 40.9. The number of nitrogens with zero attached hydrogens (tertiary/aromatic N) is 1. The van der Waals surface area contributed by atoms with Crippen LogP contribution >= 0.6 is 0 Å². The van der Waals surface area contributed by atoms with Crippen LogP contribution in [-0.4, -0.2) is 59.2 Å². The lowest BCUT2D eigenvalue weighted by Gasteiger charge is -2.64. The van der Waals surface area contributed by atoms with Crippen LogP contribution in [0.4, 0.5) is 0 Å². The summed E-state index contributed by atoms with van der Waals surface area (Å²) in [4.78, 5) is 24.8. The average molecular weight is 369 g/mol. The third-order valence-electron chi connectivity index (χ3n) is 7.74. The van der Waals surface area contributed by atoms with Crippen LogP contribution in [0.5, 0.6) is 5.75 Å². The third kappa shape index (κ3) is 1.74. The van der Waals surface area contributed by atoms with Crippen LogP contribution < -0.4 is 10.5 Å². The van der Waals surface area contributed by atoms with Crippen molar-refractivity contribution in [3.63, 3.8) is 0 Å². The van der Waals surface area contributed by atoms with Gasteiger partial charge in [0.25, 0.3) is 5.91 Å². The van der Waals surface area contributed by atoms with E-state index < -0.39 is 23.0 Å². The lowest BCUT2D eigenvalue weighted by Crippen LogP contribution is -2.80. The van der Waals surface area contributed by atoms with Gasteiger partial charge in [-0.2, -0.15) is 0 Å². The lowest BCUT2D eigenvalue weighted by atomic mass is 9.48. The zero-order valence-electron chi connectivity index (χ0n) is 15.5. The summed E-state index contributed by atoms with van der Waals surface area (Å²) in [5.41, 5.74) is 5.98. The van der Waals surface area contributed by atoms with Gasteiger partial charge in [0, 0.05) is 24.8 Å². The van der Waals surface area contributed by atoms with Crippen molar-refractivity contribution in [2.24, 2.45) is 5.73 Å². The largest absolute Gasteiger partial charge is 0.480 e. The minimum atomic E-state index is -1.05. The molecule has 1 saturated heterocycles. The number of quaternary nitrogens is 1. The summed E-state index contributed by atoms with van der Waals surface area (Å²) < 4.78 is 6.84. The molecular formula is C21H25N2O4+. The minimum Gasteiger partial charge on any atom is -0.480 e. The molecule has 1 amide bonds. The second-order valence-electron chi connectivity index (χ2n) is 8.84. The van der Waals surface area contributed by atoms with Crippen molar-refractivity contribution in [3.8, 4) is 5.75 Å². The zero-order valence-corrected chi connectivity index (χ0v) is 15.5. The van der Waals surface area contributed by atoms with Crippen molar-refractivity contribution in [2.45, 2.75) is 48.8 Å². The number of likely N-dealkylation sites (tertiary alicyclic amines) is 1. The highest BCUT2D eigenvalue weighted by Crippen LogP contribution is 2.64. The number of aliphatic hydroxyl groups is 1. The summed E-state index contributed by atoms with van der Waals surface area (Å²) in [5, 5.41) is 12.1. The highest BCUT2D eigenvalue weighted by molar-refractivity contribution is 5.98. The van der Waals surface area contributed by atoms with Crippen LogP contribution in [0, 0.1) is 0 Å². The summed E-state index contributed by atoms with van der Waals surface area (Å²) in [6.07, 6.45) is 3.24. The van der Waals surface area contributed by atoms with E-state index >= 15 is 0 Å². The molecule has 6 heteroatoms. The third-order valence-corrected chi connectivity index (χ3v) is 7.74. The van der Waals surface area contributed by atoms with E-state index in [1.165, 1.54) is 0 Å². The van der Waals surface area contributed by atoms with Crippen LogP contribution in [0.25, 0.3) is 0 Å². The molecule has 2 unspecified atom stereocenters. The minimum absolute atomic E-state index is 0.0118. The summed E-state index contributed by atoms with van der Waals surface area (Å²) in [7, 11) is 2.17. The number of benzene rings is 1. The van der Waals surface area contributed by atoms with Gasteiger partial charge in [-0.15, -0.1) is 0 Å². The molecule has 1 aromatic carbocycles. The maximum absolute atomic E-state index is 12.9. The van der Waals surface area contributed by atoms with Gasteiger partial charge in [0.05, 0.1) is 31.1 Å². The van der Waals surface area contributed by atoms with E-state index in [9.17, 15) is 14.7 Å². The molecule has 27 heavy (non-hydrogen) atoms. The van der Waals surface area contributed by atoms with Crippen molar-refractivity contribution in [1.82, 2.24) is 0 Å². The number of primary amides is 1. The molecule has 1 aromatic rings. The van der Waals surface area contributed by atoms with E-state index in [0.29, 0.717) is 41.5 Å². The number of Topliss-reactive ketones (excluding diaryl/α,β-unsaturated/α-hetero) is 1. The van der Waals surface area contributed by atoms with Gasteiger partial charge in [0.1, 0.15) is 17.4 Å². The molecule has 6 nitrogen and oxygen atoms in total. The molecule has 2 heterocycles. The Bertz CT molecular complexity index is 912. The molecule has 3 N–H and O–H groups in total. The first-order valence-electron chi connectivity index (χ1n) is 9.61. The summed E-state index contributed by atoms with van der Waals surface area (Å²) >= 11 is 0. The molecule has 0 aromatic heterocycles.